The van der Waals surface area contributed by atoms with Crippen LogP contribution in [0, 0.1) is 13.8 Å². The van der Waals surface area contributed by atoms with Gasteiger partial charge in [-0.3, -0.25) is 0 Å². The summed E-state index contributed by atoms with van der Waals surface area (Å²) in [5.74, 6) is -2.03. The topological polar surface area (TPSA) is 66.8 Å². The third kappa shape index (κ3) is 2.37. The number of carbonyl (C=O) groups is 1. The van der Waals surface area contributed by atoms with Crippen molar-refractivity contribution >= 4 is 5.97 Å². The number of phenolic OH excluding ortho intramolecular Hbond substituents is 1. The number of aryl methyl sites for hydroxylation is 2. The number of halogens is 3. The van der Waals surface area contributed by atoms with Gasteiger partial charge in [0.1, 0.15) is 5.75 Å². The zero-order valence-corrected chi connectivity index (χ0v) is 10.5. The summed E-state index contributed by atoms with van der Waals surface area (Å²) in [6.45, 7) is 2.72. The zero-order valence-electron chi connectivity index (χ0n) is 10.5. The monoisotopic (exact) mass is 278 g/mol. The van der Waals surface area contributed by atoms with E-state index in [1.165, 1.54) is 13.8 Å². The molecule has 0 fully saturated rings. The van der Waals surface area contributed by atoms with Crippen LogP contribution in [0.5, 0.6) is 5.75 Å². The van der Waals surface area contributed by atoms with Crippen molar-refractivity contribution in [2.24, 2.45) is 0 Å². The second kappa shape index (κ2) is 4.73. The van der Waals surface area contributed by atoms with Crippen LogP contribution in [0.25, 0.3) is 0 Å². The van der Waals surface area contributed by atoms with E-state index in [-0.39, 0.29) is 16.9 Å². The van der Waals surface area contributed by atoms with Crippen LogP contribution >= 0.6 is 0 Å². The lowest BCUT2D eigenvalue weighted by molar-refractivity contribution is -0.266. The molecule has 4 nitrogen and oxygen atoms in total. The molecule has 0 aliphatic rings. The number of phenols is 1. The van der Waals surface area contributed by atoms with Gasteiger partial charge in [0, 0.05) is 5.56 Å². The number of methoxy groups -OCH3 is 1. The molecule has 106 valence electrons. The van der Waals surface area contributed by atoms with Crippen LogP contribution in [0.15, 0.2) is 12.1 Å². The van der Waals surface area contributed by atoms with E-state index in [0.29, 0.717) is 0 Å². The molecule has 0 saturated heterocycles. The van der Waals surface area contributed by atoms with Crippen molar-refractivity contribution in [3.63, 3.8) is 0 Å². The summed E-state index contributed by atoms with van der Waals surface area (Å²) in [6.07, 6.45) is -5.24. The lowest BCUT2D eigenvalue weighted by Gasteiger charge is -2.28. The Balaban J connectivity index is 3.56. The van der Waals surface area contributed by atoms with Gasteiger partial charge in [-0.2, -0.15) is 13.2 Å². The van der Waals surface area contributed by atoms with E-state index in [9.17, 15) is 28.2 Å². The Hall–Kier alpha value is -1.76. The Morgan fingerprint density at radius 1 is 1.21 bits per heavy atom. The van der Waals surface area contributed by atoms with Crippen molar-refractivity contribution < 1.29 is 32.9 Å². The number of benzene rings is 1. The lowest BCUT2D eigenvalue weighted by atomic mass is 9.90. The van der Waals surface area contributed by atoms with Crippen molar-refractivity contribution in [3.05, 3.63) is 28.8 Å². The maximum absolute atomic E-state index is 13.0. The van der Waals surface area contributed by atoms with Crippen molar-refractivity contribution in [2.45, 2.75) is 25.6 Å². The van der Waals surface area contributed by atoms with Gasteiger partial charge in [-0.1, -0.05) is 0 Å². The van der Waals surface area contributed by atoms with Crippen LogP contribution in [0.2, 0.25) is 0 Å². The van der Waals surface area contributed by atoms with Crippen LogP contribution in [-0.2, 0) is 15.1 Å². The van der Waals surface area contributed by atoms with E-state index in [0.717, 1.165) is 19.2 Å². The van der Waals surface area contributed by atoms with Gasteiger partial charge >= 0.3 is 12.1 Å². The number of rotatable bonds is 2. The fourth-order valence-corrected chi connectivity index (χ4v) is 1.71. The Morgan fingerprint density at radius 2 is 1.63 bits per heavy atom. The molecule has 1 aromatic carbocycles. The van der Waals surface area contributed by atoms with E-state index >= 15 is 0 Å². The van der Waals surface area contributed by atoms with E-state index < -0.39 is 23.3 Å². The van der Waals surface area contributed by atoms with Gasteiger partial charge in [0.15, 0.2) is 0 Å². The highest BCUT2D eigenvalue weighted by Crippen LogP contribution is 2.41. The van der Waals surface area contributed by atoms with Gasteiger partial charge in [0.05, 0.1) is 7.11 Å². The summed E-state index contributed by atoms with van der Waals surface area (Å²) in [5, 5.41) is 19.3. The van der Waals surface area contributed by atoms with Crippen LogP contribution in [0.3, 0.4) is 0 Å². The molecule has 2 N–H and O–H groups in total. The number of alkyl halides is 3. The summed E-state index contributed by atoms with van der Waals surface area (Å²) in [6, 6.07) is 1.79. The van der Waals surface area contributed by atoms with Crippen molar-refractivity contribution in [2.75, 3.05) is 7.11 Å². The SMILES string of the molecule is COC(=O)[C@](O)(c1cc(C)c(O)c(C)c1)C(F)(F)F. The van der Waals surface area contributed by atoms with Crippen LogP contribution < -0.4 is 0 Å². The average Bonchev–Trinajstić information content (AvgIpc) is 2.31. The quantitative estimate of drug-likeness (QED) is 0.811. The number of esters is 1. The van der Waals surface area contributed by atoms with Gasteiger partial charge in [-0.05, 0) is 37.1 Å². The molecular formula is C12H13F3O4. The Kier molecular flexibility index (Phi) is 3.81. The Morgan fingerprint density at radius 3 is 1.95 bits per heavy atom. The van der Waals surface area contributed by atoms with Crippen LogP contribution in [-0.4, -0.2) is 29.5 Å². The summed E-state index contributed by atoms with van der Waals surface area (Å²) in [7, 11) is 0.749. The zero-order chi connectivity index (χ0) is 15.0. The number of aliphatic hydroxyl groups is 1. The Bertz CT molecular complexity index is 487. The molecule has 19 heavy (non-hydrogen) atoms. The highest BCUT2D eigenvalue weighted by molar-refractivity contribution is 5.82. The molecule has 0 unspecified atom stereocenters. The second-order valence-corrected chi connectivity index (χ2v) is 4.16. The first-order valence-corrected chi connectivity index (χ1v) is 5.24. The fraction of sp³-hybridized carbons (Fsp3) is 0.417. The first-order valence-electron chi connectivity index (χ1n) is 5.24. The van der Waals surface area contributed by atoms with Crippen molar-refractivity contribution in [1.82, 2.24) is 0 Å². The number of ether oxygens (including phenoxy) is 1. The van der Waals surface area contributed by atoms with Gasteiger partial charge in [-0.25, -0.2) is 4.79 Å². The van der Waals surface area contributed by atoms with E-state index in [1.807, 2.05) is 0 Å². The minimum Gasteiger partial charge on any atom is -0.507 e. The predicted octanol–water partition coefficient (Wildman–Crippen LogP) is 1.93. The molecule has 1 atom stereocenters. The largest absolute Gasteiger partial charge is 0.507 e. The van der Waals surface area contributed by atoms with E-state index in [2.05, 4.69) is 4.74 Å². The molecule has 0 radical (unpaired) electrons. The summed E-state index contributed by atoms with van der Waals surface area (Å²) >= 11 is 0. The van der Waals surface area contributed by atoms with Crippen molar-refractivity contribution in [1.29, 1.82) is 0 Å². The molecule has 7 heteroatoms. The minimum absolute atomic E-state index is 0.113. The molecule has 0 bridgehead atoms. The first kappa shape index (κ1) is 15.3. The minimum atomic E-state index is -5.24. The highest BCUT2D eigenvalue weighted by Gasteiger charge is 2.62. The molecule has 0 aliphatic carbocycles. The molecule has 1 rings (SSSR count). The normalized spacial score (nSPS) is 14.9. The van der Waals surface area contributed by atoms with Crippen LogP contribution in [0.4, 0.5) is 13.2 Å². The molecule has 0 heterocycles. The summed E-state index contributed by atoms with van der Waals surface area (Å²) < 4.78 is 43.0. The average molecular weight is 278 g/mol. The Labute approximate surface area is 107 Å². The molecule has 0 aromatic heterocycles. The van der Waals surface area contributed by atoms with E-state index in [4.69, 9.17) is 0 Å². The number of aromatic hydroxyl groups is 1. The predicted molar refractivity (Wildman–Crippen MR) is 59.5 cm³/mol. The number of hydrogen-bond donors (Lipinski definition) is 2. The maximum atomic E-state index is 13.0. The highest BCUT2D eigenvalue weighted by atomic mass is 19.4. The van der Waals surface area contributed by atoms with E-state index in [1.54, 1.807) is 0 Å². The van der Waals surface area contributed by atoms with Crippen LogP contribution in [0.1, 0.15) is 16.7 Å². The molecule has 0 amide bonds. The summed E-state index contributed by atoms with van der Waals surface area (Å²) in [4.78, 5) is 11.3. The smallest absolute Gasteiger partial charge is 0.432 e. The first-order chi connectivity index (χ1) is 8.55. The third-order valence-corrected chi connectivity index (χ3v) is 2.80. The summed E-state index contributed by atoms with van der Waals surface area (Å²) in [5.41, 5.74) is -4.23. The second-order valence-electron chi connectivity index (χ2n) is 4.16. The van der Waals surface area contributed by atoms with Gasteiger partial charge in [0.25, 0.3) is 5.60 Å². The lowest BCUT2D eigenvalue weighted by Crippen LogP contribution is -2.49. The molecule has 0 aliphatic heterocycles. The number of carbonyl (C=O) groups excluding carboxylic acids is 1. The fourth-order valence-electron chi connectivity index (χ4n) is 1.71. The maximum Gasteiger partial charge on any atom is 0.432 e. The van der Waals surface area contributed by atoms with Crippen molar-refractivity contribution in [3.8, 4) is 5.75 Å². The standard InChI is InChI=1S/C12H13F3O4/c1-6-4-8(5-7(2)9(6)16)11(18,10(17)19-3)12(13,14)15/h4-5,16,18H,1-3H3/t11-/m1/s1. The number of hydrogen-bond acceptors (Lipinski definition) is 4. The third-order valence-electron chi connectivity index (χ3n) is 2.80. The molecule has 1 aromatic rings. The molecule has 0 spiro atoms. The molecular weight excluding hydrogens is 265 g/mol. The van der Waals surface area contributed by atoms with Gasteiger partial charge in [0.2, 0.25) is 0 Å². The van der Waals surface area contributed by atoms with Gasteiger partial charge in [-0.15, -0.1) is 0 Å². The van der Waals surface area contributed by atoms with Gasteiger partial charge < -0.3 is 14.9 Å². The molecule has 0 saturated carbocycles.